The number of hydrogen-bond donors (Lipinski definition) is 2. The van der Waals surface area contributed by atoms with Crippen molar-refractivity contribution >= 4 is 33.8 Å². The first-order valence-electron chi connectivity index (χ1n) is 7.11. The van der Waals surface area contributed by atoms with Crippen molar-refractivity contribution in [1.29, 1.82) is 0 Å². The molecule has 1 amide bonds. The van der Waals surface area contributed by atoms with E-state index in [1.165, 1.54) is 4.57 Å². The molecule has 4 aromatic rings. The average Bonchev–Trinajstić information content (AvgIpc) is 3.06. The van der Waals surface area contributed by atoms with E-state index in [-0.39, 0.29) is 6.54 Å². The third-order valence-corrected chi connectivity index (χ3v) is 3.58. The molecule has 2 N–H and O–H groups in total. The lowest BCUT2D eigenvalue weighted by Gasteiger charge is -2.05. The lowest BCUT2D eigenvalue weighted by molar-refractivity contribution is -0.116. The number of aromatic amines is 1. The van der Waals surface area contributed by atoms with E-state index in [1.54, 1.807) is 42.5 Å². The zero-order valence-electron chi connectivity index (χ0n) is 12.2. The van der Waals surface area contributed by atoms with Gasteiger partial charge < -0.3 is 14.2 Å². The highest BCUT2D eigenvalue weighted by molar-refractivity contribution is 5.93. The summed E-state index contributed by atoms with van der Waals surface area (Å²) in [6.45, 7) is -0.185. The van der Waals surface area contributed by atoms with E-state index in [0.29, 0.717) is 27.9 Å². The lowest BCUT2D eigenvalue weighted by atomic mass is 10.3. The summed E-state index contributed by atoms with van der Waals surface area (Å²) in [5.41, 5.74) is 2.32. The summed E-state index contributed by atoms with van der Waals surface area (Å²) in [5.74, 6) is -1.56. The Balaban J connectivity index is 1.60. The maximum Gasteiger partial charge on any atom is 0.420 e. The minimum Gasteiger partial charge on any atom is -0.408 e. The second-order valence-corrected chi connectivity index (χ2v) is 5.20. The maximum atomic E-state index is 12.2. The Morgan fingerprint density at radius 2 is 1.92 bits per heavy atom. The van der Waals surface area contributed by atoms with Crippen LogP contribution >= 0.6 is 0 Å². The quantitative estimate of drug-likeness (QED) is 0.595. The van der Waals surface area contributed by atoms with Gasteiger partial charge in [0.1, 0.15) is 6.54 Å². The van der Waals surface area contributed by atoms with Gasteiger partial charge in [0.25, 0.3) is 0 Å². The van der Waals surface area contributed by atoms with Gasteiger partial charge in [-0.2, -0.15) is 0 Å². The molecule has 2 aromatic carbocycles. The fourth-order valence-corrected chi connectivity index (χ4v) is 2.54. The number of nitrogens with one attached hydrogen (secondary N) is 2. The zero-order chi connectivity index (χ0) is 16.7. The van der Waals surface area contributed by atoms with Crippen LogP contribution in [0.25, 0.3) is 22.2 Å². The van der Waals surface area contributed by atoms with E-state index in [2.05, 4.69) is 10.3 Å². The average molecular weight is 325 g/mol. The normalized spacial score (nSPS) is 11.2. The van der Waals surface area contributed by atoms with Crippen molar-refractivity contribution in [2.75, 3.05) is 5.32 Å². The van der Waals surface area contributed by atoms with Crippen LogP contribution in [0.1, 0.15) is 0 Å². The molecule has 8 heteroatoms. The maximum absolute atomic E-state index is 12.2. The minimum atomic E-state index is -0.596. The monoisotopic (exact) mass is 325 g/mol. The van der Waals surface area contributed by atoms with Crippen molar-refractivity contribution < 1.29 is 13.6 Å². The number of fused-ring (bicyclic) bond motifs is 2. The fourth-order valence-electron chi connectivity index (χ4n) is 2.54. The van der Waals surface area contributed by atoms with Crippen LogP contribution in [0.5, 0.6) is 0 Å². The van der Waals surface area contributed by atoms with Gasteiger partial charge in [0.15, 0.2) is 11.2 Å². The molecule has 24 heavy (non-hydrogen) atoms. The van der Waals surface area contributed by atoms with Gasteiger partial charge in [0, 0.05) is 5.69 Å². The Kier molecular flexibility index (Phi) is 3.09. The summed E-state index contributed by atoms with van der Waals surface area (Å²) in [6.07, 6.45) is 0. The number of nitrogens with zero attached hydrogens (tertiary/aromatic N) is 1. The van der Waals surface area contributed by atoms with Gasteiger partial charge in [-0.3, -0.25) is 14.3 Å². The van der Waals surface area contributed by atoms with E-state index in [4.69, 9.17) is 8.83 Å². The SMILES string of the molecule is O=C(Cn1c(=O)oc2ccccc21)Nc1ccc2oc(=O)[nH]c2c1. The second kappa shape index (κ2) is 5.27. The summed E-state index contributed by atoms with van der Waals surface area (Å²) >= 11 is 0. The van der Waals surface area contributed by atoms with E-state index >= 15 is 0 Å². The molecule has 0 spiro atoms. The Bertz CT molecular complexity index is 1180. The molecular weight excluding hydrogens is 314 g/mol. The number of aromatic nitrogens is 2. The Hall–Kier alpha value is -3.55. The van der Waals surface area contributed by atoms with Crippen molar-refractivity contribution in [1.82, 2.24) is 9.55 Å². The largest absolute Gasteiger partial charge is 0.420 e. The minimum absolute atomic E-state index is 0.185. The number of benzene rings is 2. The van der Waals surface area contributed by atoms with Gasteiger partial charge in [-0.15, -0.1) is 0 Å². The third kappa shape index (κ3) is 2.39. The molecular formula is C16H11N3O5. The molecule has 0 fully saturated rings. The second-order valence-electron chi connectivity index (χ2n) is 5.20. The van der Waals surface area contributed by atoms with E-state index in [0.717, 1.165) is 0 Å². The number of oxazole rings is 2. The summed E-state index contributed by atoms with van der Waals surface area (Å²) in [7, 11) is 0. The first-order chi connectivity index (χ1) is 11.6. The van der Waals surface area contributed by atoms with Crippen molar-refractivity contribution in [2.24, 2.45) is 0 Å². The highest BCUT2D eigenvalue weighted by Gasteiger charge is 2.13. The summed E-state index contributed by atoms with van der Waals surface area (Å²) < 4.78 is 11.2. The topological polar surface area (TPSA) is 110 Å². The zero-order valence-corrected chi connectivity index (χ0v) is 12.2. The number of carbonyl (C=O) groups excluding carboxylic acids is 1. The summed E-state index contributed by atoms with van der Waals surface area (Å²) in [5, 5.41) is 2.67. The molecule has 0 aliphatic heterocycles. The first-order valence-corrected chi connectivity index (χ1v) is 7.11. The highest BCUT2D eigenvalue weighted by atomic mass is 16.4. The van der Waals surface area contributed by atoms with Gasteiger partial charge in [-0.1, -0.05) is 12.1 Å². The van der Waals surface area contributed by atoms with Crippen molar-refractivity contribution in [3.8, 4) is 0 Å². The van der Waals surface area contributed by atoms with Crippen LogP contribution in [0.2, 0.25) is 0 Å². The molecule has 0 saturated heterocycles. The molecule has 0 aliphatic rings. The summed E-state index contributed by atoms with van der Waals surface area (Å²) in [4.78, 5) is 37.7. The molecule has 0 bridgehead atoms. The molecule has 2 heterocycles. The van der Waals surface area contributed by atoms with Crippen LogP contribution in [0, 0.1) is 0 Å². The molecule has 0 unspecified atom stereocenters. The third-order valence-electron chi connectivity index (χ3n) is 3.58. The molecule has 0 aliphatic carbocycles. The molecule has 0 atom stereocenters. The smallest absolute Gasteiger partial charge is 0.408 e. The van der Waals surface area contributed by atoms with Crippen LogP contribution in [-0.2, 0) is 11.3 Å². The number of amides is 1. The van der Waals surface area contributed by atoms with E-state index in [1.807, 2.05) is 0 Å². The fraction of sp³-hybridized carbons (Fsp3) is 0.0625. The van der Waals surface area contributed by atoms with Crippen LogP contribution in [0.15, 0.2) is 60.9 Å². The predicted molar refractivity (Wildman–Crippen MR) is 85.9 cm³/mol. The van der Waals surface area contributed by atoms with Gasteiger partial charge in [-0.05, 0) is 30.3 Å². The Morgan fingerprint density at radius 3 is 2.79 bits per heavy atom. The van der Waals surface area contributed by atoms with Gasteiger partial charge in [0.2, 0.25) is 5.91 Å². The van der Waals surface area contributed by atoms with Crippen LogP contribution in [0.4, 0.5) is 5.69 Å². The number of H-pyrrole nitrogens is 1. The number of hydrogen-bond acceptors (Lipinski definition) is 5. The van der Waals surface area contributed by atoms with E-state index < -0.39 is 17.4 Å². The Labute approximate surface area is 133 Å². The predicted octanol–water partition coefficient (Wildman–Crippen LogP) is 1.67. The standard InChI is InChI=1S/C16H11N3O5/c20-14(8-19-11-3-1-2-4-13(11)24-16(19)22)17-9-5-6-12-10(7-9)18-15(21)23-12/h1-7H,8H2,(H,17,20)(H,18,21). The molecule has 8 nitrogen and oxygen atoms in total. The van der Waals surface area contributed by atoms with Crippen molar-refractivity contribution in [2.45, 2.75) is 6.54 Å². The van der Waals surface area contributed by atoms with E-state index in [9.17, 15) is 14.4 Å². The van der Waals surface area contributed by atoms with Crippen LogP contribution in [0.3, 0.4) is 0 Å². The van der Waals surface area contributed by atoms with Gasteiger partial charge in [-0.25, -0.2) is 9.59 Å². The number of rotatable bonds is 3. The number of carbonyl (C=O) groups is 1. The first kappa shape index (κ1) is 14.1. The highest BCUT2D eigenvalue weighted by Crippen LogP contribution is 2.16. The number of anilines is 1. The van der Waals surface area contributed by atoms with Crippen LogP contribution < -0.4 is 16.8 Å². The molecule has 2 aromatic heterocycles. The molecule has 0 radical (unpaired) electrons. The van der Waals surface area contributed by atoms with Gasteiger partial charge in [0.05, 0.1) is 11.0 Å². The van der Waals surface area contributed by atoms with Crippen molar-refractivity contribution in [3.05, 3.63) is 63.6 Å². The summed E-state index contributed by atoms with van der Waals surface area (Å²) in [6, 6.07) is 11.6. The molecule has 120 valence electrons. The van der Waals surface area contributed by atoms with Crippen LogP contribution in [-0.4, -0.2) is 15.5 Å². The van der Waals surface area contributed by atoms with Crippen molar-refractivity contribution in [3.63, 3.8) is 0 Å². The molecule has 4 rings (SSSR count). The molecule has 0 saturated carbocycles. The lowest BCUT2D eigenvalue weighted by Crippen LogP contribution is -2.24. The number of para-hydroxylation sites is 2. The Morgan fingerprint density at radius 1 is 1.08 bits per heavy atom. The van der Waals surface area contributed by atoms with Gasteiger partial charge >= 0.3 is 11.5 Å².